The number of rotatable bonds is 3. The Balaban J connectivity index is 2.38. The molecule has 0 aliphatic carbocycles. The molecule has 0 fully saturated rings. The summed E-state index contributed by atoms with van der Waals surface area (Å²) in [4.78, 5) is 0. The van der Waals surface area contributed by atoms with Crippen molar-refractivity contribution in [2.24, 2.45) is 5.73 Å². The lowest BCUT2D eigenvalue weighted by Gasteiger charge is -2.16. The third-order valence-electron chi connectivity index (χ3n) is 3.38. The second-order valence-electron chi connectivity index (χ2n) is 5.06. The maximum Gasteiger partial charge on any atom is 0.134 e. The van der Waals surface area contributed by atoms with E-state index in [0.717, 1.165) is 29.1 Å². The van der Waals surface area contributed by atoms with Crippen LogP contribution in [0.2, 0.25) is 0 Å². The predicted octanol–water partition coefficient (Wildman–Crippen LogP) is 4.43. The van der Waals surface area contributed by atoms with E-state index >= 15 is 0 Å². The second-order valence-corrected chi connectivity index (χ2v) is 5.06. The highest BCUT2D eigenvalue weighted by Crippen LogP contribution is 2.32. The molecule has 0 saturated heterocycles. The number of nitrogens with two attached hydrogens (primary N) is 1. The van der Waals surface area contributed by atoms with Crippen molar-refractivity contribution in [2.75, 3.05) is 0 Å². The van der Waals surface area contributed by atoms with Crippen molar-refractivity contribution in [3.8, 4) is 5.75 Å². The standard InChI is InChI=1S/C19H21NO/c1-14-8-7-9-16(3)21-19-12-15(2)17(13-18(14)19)10-5-4-6-11-20/h4-9,11-13H,1,10,20H2,2-3H3/b5-4-,8-7-,11-6-,16-9-. The van der Waals surface area contributed by atoms with Crippen LogP contribution >= 0.6 is 0 Å². The molecule has 2 nitrogen and oxygen atoms in total. The van der Waals surface area contributed by atoms with Gasteiger partial charge in [0.15, 0.2) is 0 Å². The Labute approximate surface area is 126 Å². The summed E-state index contributed by atoms with van der Waals surface area (Å²) < 4.78 is 5.89. The minimum Gasteiger partial charge on any atom is -0.461 e. The minimum absolute atomic E-state index is 0.856. The highest BCUT2D eigenvalue weighted by Gasteiger charge is 2.11. The molecule has 0 atom stereocenters. The summed E-state index contributed by atoms with van der Waals surface area (Å²) in [6, 6.07) is 4.24. The molecule has 0 unspecified atom stereocenters. The van der Waals surface area contributed by atoms with Crippen LogP contribution in [-0.4, -0.2) is 0 Å². The molecule has 0 saturated carbocycles. The molecule has 1 aliphatic heterocycles. The number of ether oxygens (including phenoxy) is 1. The average Bonchev–Trinajstić information content (AvgIpc) is 2.44. The van der Waals surface area contributed by atoms with E-state index in [9.17, 15) is 0 Å². The fourth-order valence-electron chi connectivity index (χ4n) is 2.22. The molecular formula is C19H21NO. The molecule has 0 bridgehead atoms. The van der Waals surface area contributed by atoms with Crippen LogP contribution in [0, 0.1) is 6.92 Å². The Kier molecular flexibility index (Phi) is 4.83. The van der Waals surface area contributed by atoms with Gasteiger partial charge in [0.1, 0.15) is 11.5 Å². The van der Waals surface area contributed by atoms with Crippen LogP contribution < -0.4 is 10.5 Å². The number of hydrogen-bond acceptors (Lipinski definition) is 2. The van der Waals surface area contributed by atoms with Gasteiger partial charge < -0.3 is 10.5 Å². The first-order chi connectivity index (χ1) is 10.1. The largest absolute Gasteiger partial charge is 0.461 e. The Hall–Kier alpha value is -2.48. The zero-order valence-corrected chi connectivity index (χ0v) is 12.6. The predicted molar refractivity (Wildman–Crippen MR) is 89.9 cm³/mol. The minimum atomic E-state index is 0.856. The lowest BCUT2D eigenvalue weighted by Crippen LogP contribution is -1.99. The molecule has 2 N–H and O–H groups in total. The van der Waals surface area contributed by atoms with E-state index in [2.05, 4.69) is 31.7 Å². The van der Waals surface area contributed by atoms with Crippen molar-refractivity contribution >= 4 is 5.57 Å². The normalized spacial score (nSPS) is 18.8. The Bertz CT molecular complexity index is 660. The fraction of sp³-hybridized carbons (Fsp3) is 0.158. The molecule has 0 amide bonds. The molecule has 108 valence electrons. The van der Waals surface area contributed by atoms with E-state index in [1.165, 1.54) is 17.3 Å². The lowest BCUT2D eigenvalue weighted by atomic mass is 9.96. The third kappa shape index (κ3) is 3.76. The molecule has 2 rings (SSSR count). The maximum absolute atomic E-state index is 5.89. The summed E-state index contributed by atoms with van der Waals surface area (Å²) in [7, 11) is 0. The summed E-state index contributed by atoms with van der Waals surface area (Å²) in [5.74, 6) is 1.74. The summed E-state index contributed by atoms with van der Waals surface area (Å²) in [6.07, 6.45) is 14.2. The molecule has 0 radical (unpaired) electrons. The van der Waals surface area contributed by atoms with E-state index in [-0.39, 0.29) is 0 Å². The summed E-state index contributed by atoms with van der Waals surface area (Å²) >= 11 is 0. The third-order valence-corrected chi connectivity index (χ3v) is 3.38. The molecule has 1 heterocycles. The summed E-state index contributed by atoms with van der Waals surface area (Å²) in [5, 5.41) is 0. The van der Waals surface area contributed by atoms with Crippen LogP contribution in [0.25, 0.3) is 5.57 Å². The van der Waals surface area contributed by atoms with Crippen LogP contribution in [-0.2, 0) is 6.42 Å². The monoisotopic (exact) mass is 279 g/mol. The van der Waals surface area contributed by atoms with E-state index in [0.29, 0.717) is 0 Å². The van der Waals surface area contributed by atoms with Crippen molar-refractivity contribution in [1.29, 1.82) is 0 Å². The van der Waals surface area contributed by atoms with Crippen molar-refractivity contribution in [3.63, 3.8) is 0 Å². The summed E-state index contributed by atoms with van der Waals surface area (Å²) in [6.45, 7) is 8.17. The molecule has 1 aromatic rings. The molecular weight excluding hydrogens is 258 g/mol. The van der Waals surface area contributed by atoms with E-state index in [4.69, 9.17) is 10.5 Å². The van der Waals surface area contributed by atoms with Crippen LogP contribution in [0.15, 0.2) is 67.1 Å². The molecule has 0 spiro atoms. The molecule has 2 heteroatoms. The topological polar surface area (TPSA) is 35.2 Å². The number of benzene rings is 1. The molecule has 0 aromatic heterocycles. The first-order valence-electron chi connectivity index (χ1n) is 7.01. The van der Waals surface area contributed by atoms with Crippen molar-refractivity contribution < 1.29 is 4.74 Å². The van der Waals surface area contributed by atoms with Crippen molar-refractivity contribution in [3.05, 3.63) is 83.8 Å². The van der Waals surface area contributed by atoms with Gasteiger partial charge in [0, 0.05) is 5.56 Å². The molecule has 1 aromatic carbocycles. The van der Waals surface area contributed by atoms with Crippen LogP contribution in [0.5, 0.6) is 5.75 Å². The average molecular weight is 279 g/mol. The van der Waals surface area contributed by atoms with Gasteiger partial charge in [0.2, 0.25) is 0 Å². The van der Waals surface area contributed by atoms with E-state index in [1.807, 2.05) is 37.3 Å². The molecule has 21 heavy (non-hydrogen) atoms. The number of fused-ring (bicyclic) bond motifs is 1. The first kappa shape index (κ1) is 14.9. The zero-order chi connectivity index (χ0) is 15.2. The fourth-order valence-corrected chi connectivity index (χ4v) is 2.22. The number of allylic oxidation sites excluding steroid dienone is 8. The van der Waals surface area contributed by atoms with Gasteiger partial charge in [-0.2, -0.15) is 0 Å². The van der Waals surface area contributed by atoms with Crippen LogP contribution in [0.1, 0.15) is 23.6 Å². The number of aryl methyl sites for hydroxylation is 1. The van der Waals surface area contributed by atoms with Gasteiger partial charge in [-0.1, -0.05) is 30.9 Å². The number of hydrogen-bond donors (Lipinski definition) is 1. The van der Waals surface area contributed by atoms with Crippen LogP contribution in [0.3, 0.4) is 0 Å². The Morgan fingerprint density at radius 2 is 2.05 bits per heavy atom. The Morgan fingerprint density at radius 1 is 1.24 bits per heavy atom. The highest BCUT2D eigenvalue weighted by atomic mass is 16.5. The second kappa shape index (κ2) is 6.80. The van der Waals surface area contributed by atoms with Crippen LogP contribution in [0.4, 0.5) is 0 Å². The van der Waals surface area contributed by atoms with Crippen molar-refractivity contribution in [1.82, 2.24) is 0 Å². The van der Waals surface area contributed by atoms with Gasteiger partial charge in [-0.15, -0.1) is 0 Å². The van der Waals surface area contributed by atoms with E-state index in [1.54, 1.807) is 0 Å². The lowest BCUT2D eigenvalue weighted by molar-refractivity contribution is 0.426. The Morgan fingerprint density at radius 3 is 2.81 bits per heavy atom. The maximum atomic E-state index is 5.89. The first-order valence-corrected chi connectivity index (χ1v) is 7.01. The summed E-state index contributed by atoms with van der Waals surface area (Å²) in [5.41, 5.74) is 9.79. The SMILES string of the molecule is C=C1/C=C\C=C(\C)Oc2cc(C)c(C/C=C\C=C/N)cc21. The van der Waals surface area contributed by atoms with Gasteiger partial charge in [-0.3, -0.25) is 0 Å². The smallest absolute Gasteiger partial charge is 0.134 e. The van der Waals surface area contributed by atoms with Gasteiger partial charge in [0.05, 0.1) is 0 Å². The molecule has 1 aliphatic rings. The van der Waals surface area contributed by atoms with Gasteiger partial charge in [0.25, 0.3) is 0 Å². The highest BCUT2D eigenvalue weighted by molar-refractivity contribution is 5.77. The van der Waals surface area contributed by atoms with Gasteiger partial charge in [-0.25, -0.2) is 0 Å². The van der Waals surface area contributed by atoms with Gasteiger partial charge in [-0.05, 0) is 67.5 Å². The van der Waals surface area contributed by atoms with Crippen molar-refractivity contribution in [2.45, 2.75) is 20.3 Å². The zero-order valence-electron chi connectivity index (χ0n) is 12.6. The van der Waals surface area contributed by atoms with E-state index < -0.39 is 0 Å². The quantitative estimate of drug-likeness (QED) is 0.831. The van der Waals surface area contributed by atoms with Gasteiger partial charge >= 0.3 is 0 Å².